The van der Waals surface area contributed by atoms with E-state index in [-0.39, 0.29) is 12.5 Å². The normalized spacial score (nSPS) is 12.4. The fourth-order valence-corrected chi connectivity index (χ4v) is 2.62. The molecule has 0 aliphatic heterocycles. The Labute approximate surface area is 192 Å². The van der Waals surface area contributed by atoms with Crippen LogP contribution in [0.4, 0.5) is 4.79 Å². The van der Waals surface area contributed by atoms with Crippen LogP contribution in [0.2, 0.25) is 0 Å². The van der Waals surface area contributed by atoms with Crippen molar-refractivity contribution in [3.05, 3.63) is 35.9 Å². The van der Waals surface area contributed by atoms with Crippen LogP contribution >= 0.6 is 0 Å². The van der Waals surface area contributed by atoms with E-state index in [1.807, 2.05) is 0 Å². The number of carbonyl (C=O) groups is 5. The van der Waals surface area contributed by atoms with E-state index in [0.29, 0.717) is 0 Å². The predicted molar refractivity (Wildman–Crippen MR) is 117 cm³/mol. The quantitative estimate of drug-likeness (QED) is 0.332. The van der Waals surface area contributed by atoms with Crippen molar-refractivity contribution in [2.75, 3.05) is 6.54 Å². The van der Waals surface area contributed by atoms with Crippen molar-refractivity contribution in [2.45, 2.75) is 58.9 Å². The van der Waals surface area contributed by atoms with Gasteiger partial charge in [-0.3, -0.25) is 14.4 Å². The topological polar surface area (TPSA) is 160 Å². The SMILES string of the molecule is CC(C)OC(=O)C[C@H](NC(=O)OCc1ccccc1)C(=O)NCC(=O)N[C@H](C(=O)O)C(C)C. The molecule has 182 valence electrons. The summed E-state index contributed by atoms with van der Waals surface area (Å²) in [5.74, 6) is -3.88. The molecule has 0 aliphatic rings. The fourth-order valence-electron chi connectivity index (χ4n) is 2.62. The van der Waals surface area contributed by atoms with Crippen LogP contribution in [0.3, 0.4) is 0 Å². The molecule has 11 nitrogen and oxygen atoms in total. The van der Waals surface area contributed by atoms with Crippen LogP contribution < -0.4 is 16.0 Å². The summed E-state index contributed by atoms with van der Waals surface area (Å²) < 4.78 is 10.1. The van der Waals surface area contributed by atoms with Gasteiger partial charge in [-0.05, 0) is 25.3 Å². The number of hydrogen-bond acceptors (Lipinski definition) is 7. The molecular weight excluding hydrogens is 434 g/mol. The van der Waals surface area contributed by atoms with Gasteiger partial charge in [-0.2, -0.15) is 0 Å². The molecule has 0 aromatic heterocycles. The Morgan fingerprint density at radius 3 is 2.15 bits per heavy atom. The van der Waals surface area contributed by atoms with Crippen molar-refractivity contribution >= 4 is 29.8 Å². The summed E-state index contributed by atoms with van der Waals surface area (Å²) in [5.41, 5.74) is 0.725. The fraction of sp³-hybridized carbons (Fsp3) is 0.500. The van der Waals surface area contributed by atoms with Gasteiger partial charge in [-0.25, -0.2) is 9.59 Å². The van der Waals surface area contributed by atoms with Gasteiger partial charge in [0.1, 0.15) is 18.7 Å². The molecule has 0 bridgehead atoms. The average Bonchev–Trinajstić information content (AvgIpc) is 2.73. The second kappa shape index (κ2) is 13.7. The van der Waals surface area contributed by atoms with E-state index in [9.17, 15) is 24.0 Å². The largest absolute Gasteiger partial charge is 0.480 e. The van der Waals surface area contributed by atoms with Gasteiger partial charge in [0.15, 0.2) is 0 Å². The summed E-state index contributed by atoms with van der Waals surface area (Å²) >= 11 is 0. The zero-order valence-corrected chi connectivity index (χ0v) is 19.1. The van der Waals surface area contributed by atoms with Crippen LogP contribution in [0.25, 0.3) is 0 Å². The van der Waals surface area contributed by atoms with E-state index in [2.05, 4.69) is 16.0 Å². The molecule has 0 unspecified atom stereocenters. The van der Waals surface area contributed by atoms with Gasteiger partial charge in [0, 0.05) is 0 Å². The molecule has 0 fully saturated rings. The Kier molecular flexibility index (Phi) is 11.4. The summed E-state index contributed by atoms with van der Waals surface area (Å²) in [7, 11) is 0. The van der Waals surface area contributed by atoms with Gasteiger partial charge in [-0.15, -0.1) is 0 Å². The second-order valence-corrected chi connectivity index (χ2v) is 7.85. The number of carboxylic acid groups (broad SMARTS) is 1. The molecule has 11 heteroatoms. The lowest BCUT2D eigenvalue weighted by molar-refractivity contribution is -0.149. The van der Waals surface area contributed by atoms with E-state index in [0.717, 1.165) is 5.56 Å². The molecule has 2 atom stereocenters. The Morgan fingerprint density at radius 2 is 1.61 bits per heavy atom. The first kappa shape index (κ1) is 27.4. The van der Waals surface area contributed by atoms with E-state index in [1.165, 1.54) is 0 Å². The third-order valence-corrected chi connectivity index (χ3v) is 4.23. The molecule has 1 aromatic rings. The number of amides is 3. The smallest absolute Gasteiger partial charge is 0.408 e. The Balaban J connectivity index is 2.71. The number of esters is 1. The summed E-state index contributed by atoms with van der Waals surface area (Å²) in [6, 6.07) is 6.35. The highest BCUT2D eigenvalue weighted by atomic mass is 16.6. The number of carboxylic acids is 1. The molecule has 3 amide bonds. The number of rotatable bonds is 12. The number of ether oxygens (including phenoxy) is 2. The van der Waals surface area contributed by atoms with Gasteiger partial charge < -0.3 is 30.5 Å². The third kappa shape index (κ3) is 11.0. The lowest BCUT2D eigenvalue weighted by atomic mass is 10.1. The molecule has 4 N–H and O–H groups in total. The first-order valence-corrected chi connectivity index (χ1v) is 10.5. The Hall–Kier alpha value is -3.63. The van der Waals surface area contributed by atoms with Crippen molar-refractivity contribution in [1.82, 2.24) is 16.0 Å². The minimum atomic E-state index is -1.37. The molecule has 0 saturated heterocycles. The van der Waals surface area contributed by atoms with Crippen LogP contribution in [-0.2, 0) is 35.3 Å². The van der Waals surface area contributed by atoms with Crippen molar-refractivity contribution in [2.24, 2.45) is 5.92 Å². The van der Waals surface area contributed by atoms with Gasteiger partial charge in [0.25, 0.3) is 0 Å². The van der Waals surface area contributed by atoms with Gasteiger partial charge in [0.05, 0.1) is 19.1 Å². The average molecular weight is 466 g/mol. The van der Waals surface area contributed by atoms with Crippen LogP contribution in [0, 0.1) is 5.92 Å². The Morgan fingerprint density at radius 1 is 0.970 bits per heavy atom. The van der Waals surface area contributed by atoms with E-state index >= 15 is 0 Å². The van der Waals surface area contributed by atoms with Crippen molar-refractivity contribution in [3.8, 4) is 0 Å². The third-order valence-electron chi connectivity index (χ3n) is 4.23. The summed E-state index contributed by atoms with van der Waals surface area (Å²) in [6.07, 6.45) is -1.86. The molecule has 0 radical (unpaired) electrons. The van der Waals surface area contributed by atoms with E-state index in [4.69, 9.17) is 14.6 Å². The maximum absolute atomic E-state index is 12.5. The number of nitrogens with one attached hydrogen (secondary N) is 3. The maximum Gasteiger partial charge on any atom is 0.408 e. The maximum atomic E-state index is 12.5. The molecule has 0 aliphatic carbocycles. The van der Waals surface area contributed by atoms with Crippen LogP contribution in [-0.4, -0.2) is 59.7 Å². The summed E-state index contributed by atoms with van der Waals surface area (Å²) in [4.78, 5) is 60.0. The predicted octanol–water partition coefficient (Wildman–Crippen LogP) is 0.965. The molecule has 1 aromatic carbocycles. The minimum absolute atomic E-state index is 0.0500. The Bertz CT molecular complexity index is 826. The zero-order valence-electron chi connectivity index (χ0n) is 19.1. The molecule has 1 rings (SSSR count). The number of alkyl carbamates (subject to hydrolysis) is 1. The highest BCUT2D eigenvalue weighted by molar-refractivity contribution is 5.93. The van der Waals surface area contributed by atoms with Crippen molar-refractivity contribution in [1.29, 1.82) is 0 Å². The summed E-state index contributed by atoms with van der Waals surface area (Å²) in [6.45, 7) is 5.91. The first-order chi connectivity index (χ1) is 15.5. The second-order valence-electron chi connectivity index (χ2n) is 7.85. The van der Waals surface area contributed by atoms with Crippen LogP contribution in [0.1, 0.15) is 39.7 Å². The van der Waals surface area contributed by atoms with E-state index < -0.39 is 61.0 Å². The lowest BCUT2D eigenvalue weighted by Crippen LogP contribution is -2.52. The van der Waals surface area contributed by atoms with Crippen LogP contribution in [0.5, 0.6) is 0 Å². The van der Waals surface area contributed by atoms with Gasteiger partial charge in [-0.1, -0.05) is 44.2 Å². The number of benzene rings is 1. The summed E-state index contributed by atoms with van der Waals surface area (Å²) in [5, 5.41) is 16.0. The van der Waals surface area contributed by atoms with Gasteiger partial charge in [0.2, 0.25) is 11.8 Å². The molecule has 0 spiro atoms. The van der Waals surface area contributed by atoms with Crippen LogP contribution in [0.15, 0.2) is 30.3 Å². The monoisotopic (exact) mass is 465 g/mol. The molecule has 0 saturated carbocycles. The number of aliphatic carboxylic acids is 1. The highest BCUT2D eigenvalue weighted by Gasteiger charge is 2.27. The lowest BCUT2D eigenvalue weighted by Gasteiger charge is -2.20. The minimum Gasteiger partial charge on any atom is -0.480 e. The molecule has 33 heavy (non-hydrogen) atoms. The number of hydrogen-bond donors (Lipinski definition) is 4. The molecular formula is C22H31N3O8. The highest BCUT2D eigenvalue weighted by Crippen LogP contribution is 2.04. The van der Waals surface area contributed by atoms with Crippen molar-refractivity contribution in [3.63, 3.8) is 0 Å². The van der Waals surface area contributed by atoms with E-state index in [1.54, 1.807) is 58.0 Å². The van der Waals surface area contributed by atoms with Crippen molar-refractivity contribution < 1.29 is 38.6 Å². The molecule has 0 heterocycles. The zero-order chi connectivity index (χ0) is 25.0. The number of carbonyl (C=O) groups excluding carboxylic acids is 4. The standard InChI is InChI=1S/C22H31N3O8/c1-13(2)19(21(29)30)25-17(26)11-23-20(28)16(10-18(27)33-14(3)4)24-22(31)32-12-15-8-6-5-7-9-15/h5-9,13-14,16,19H,10-12H2,1-4H3,(H,23,28)(H,24,31)(H,25,26)(H,29,30)/t16-,19-/m0/s1. The first-order valence-electron chi connectivity index (χ1n) is 10.5. The van der Waals surface area contributed by atoms with Gasteiger partial charge >= 0.3 is 18.0 Å².